The van der Waals surface area contributed by atoms with Crippen molar-refractivity contribution in [2.24, 2.45) is 5.92 Å². The van der Waals surface area contributed by atoms with Crippen LogP contribution in [-0.4, -0.2) is 41.8 Å². The van der Waals surface area contributed by atoms with Crippen LogP contribution in [0.25, 0.3) is 0 Å². The van der Waals surface area contributed by atoms with Gasteiger partial charge in [-0.1, -0.05) is 13.0 Å². The monoisotopic (exact) mass is 299 g/mol. The molecule has 0 bridgehead atoms. The van der Waals surface area contributed by atoms with E-state index in [1.807, 2.05) is 11.8 Å². The summed E-state index contributed by atoms with van der Waals surface area (Å²) in [4.78, 5) is 13.2. The molecule has 0 radical (unpaired) electrons. The molecule has 0 aromatic heterocycles. The number of carbonyl (C=O) groups is 1. The number of benzene rings is 1. The zero-order valence-electron chi connectivity index (χ0n) is 12.1. The van der Waals surface area contributed by atoms with E-state index in [2.05, 4.69) is 0 Å². The number of nitrogens with zero attached hydrogens (tertiary/aromatic N) is 1. The summed E-state index contributed by atoms with van der Waals surface area (Å²) in [6.07, 6.45) is 0. The van der Waals surface area contributed by atoms with Crippen LogP contribution in [0.1, 0.15) is 25.5 Å². The first kappa shape index (κ1) is 15.9. The first-order valence-electron chi connectivity index (χ1n) is 6.97. The number of carboxylic acids is 1. The van der Waals surface area contributed by atoms with Crippen LogP contribution in [0.15, 0.2) is 18.2 Å². The maximum atomic E-state index is 13.9. The van der Waals surface area contributed by atoms with Crippen LogP contribution in [0.2, 0.25) is 0 Å². The largest absolute Gasteiger partial charge is 0.481 e. The average Bonchev–Trinajstić information content (AvgIpc) is 2.88. The molecule has 1 aromatic rings. The van der Waals surface area contributed by atoms with Crippen LogP contribution < -0.4 is 0 Å². The van der Waals surface area contributed by atoms with Gasteiger partial charge in [0.2, 0.25) is 0 Å². The molecule has 4 nitrogen and oxygen atoms in total. The molecule has 0 amide bonds. The van der Waals surface area contributed by atoms with Crippen molar-refractivity contribution >= 4 is 5.97 Å². The van der Waals surface area contributed by atoms with Crippen LogP contribution in [-0.2, 0) is 9.53 Å². The van der Waals surface area contributed by atoms with Crippen molar-refractivity contribution in [2.75, 3.05) is 19.8 Å². The van der Waals surface area contributed by atoms with Crippen LogP contribution in [0.3, 0.4) is 0 Å². The zero-order valence-corrected chi connectivity index (χ0v) is 12.1. The second-order valence-corrected chi connectivity index (χ2v) is 5.22. The highest BCUT2D eigenvalue weighted by Gasteiger charge is 2.39. The summed E-state index contributed by atoms with van der Waals surface area (Å²) in [5.41, 5.74) is 0.356. The van der Waals surface area contributed by atoms with Gasteiger partial charge in [0.05, 0.1) is 19.1 Å². The third-order valence-corrected chi connectivity index (χ3v) is 4.07. The van der Waals surface area contributed by atoms with Gasteiger partial charge < -0.3 is 9.84 Å². The molecule has 21 heavy (non-hydrogen) atoms. The topological polar surface area (TPSA) is 49.8 Å². The highest BCUT2D eigenvalue weighted by molar-refractivity contribution is 5.71. The number of hydrogen-bond acceptors (Lipinski definition) is 3. The molecule has 1 N–H and O–H groups in total. The fraction of sp³-hybridized carbons (Fsp3) is 0.533. The first-order valence-corrected chi connectivity index (χ1v) is 6.97. The van der Waals surface area contributed by atoms with Gasteiger partial charge in [0.15, 0.2) is 0 Å². The lowest BCUT2D eigenvalue weighted by Gasteiger charge is -2.35. The molecule has 2 rings (SSSR count). The van der Waals surface area contributed by atoms with E-state index in [0.29, 0.717) is 18.7 Å². The van der Waals surface area contributed by atoms with Gasteiger partial charge >= 0.3 is 5.97 Å². The van der Waals surface area contributed by atoms with E-state index in [9.17, 15) is 18.7 Å². The Hall–Kier alpha value is -1.53. The molecule has 0 aliphatic carbocycles. The van der Waals surface area contributed by atoms with Crippen LogP contribution in [0, 0.1) is 17.6 Å². The number of hydrogen-bond donors (Lipinski definition) is 1. The fourth-order valence-electron chi connectivity index (χ4n) is 2.92. The van der Waals surface area contributed by atoms with Crippen molar-refractivity contribution in [3.8, 4) is 0 Å². The molecule has 1 aliphatic heterocycles. The second kappa shape index (κ2) is 6.49. The third-order valence-electron chi connectivity index (χ3n) is 4.07. The summed E-state index contributed by atoms with van der Waals surface area (Å²) in [6.45, 7) is 4.69. The van der Waals surface area contributed by atoms with Gasteiger partial charge in [-0.2, -0.15) is 0 Å². The van der Waals surface area contributed by atoms with Gasteiger partial charge in [-0.25, -0.2) is 8.78 Å². The van der Waals surface area contributed by atoms with Gasteiger partial charge in [0, 0.05) is 23.7 Å². The molecule has 1 aliphatic rings. The molecular formula is C15H19F2NO3. The standard InChI is InChI=1S/C15H19F2NO3/c1-3-18(14-8-21-7-12(14)15(19)20)9(2)11-5-4-10(16)6-13(11)17/h4-6,9,12,14H,3,7-8H2,1-2H3,(H,19,20). The van der Waals surface area contributed by atoms with Crippen molar-refractivity contribution in [3.63, 3.8) is 0 Å². The number of ether oxygens (including phenoxy) is 1. The van der Waals surface area contributed by atoms with E-state index in [4.69, 9.17) is 4.74 Å². The van der Waals surface area contributed by atoms with Gasteiger partial charge in [0.25, 0.3) is 0 Å². The SMILES string of the molecule is CCN(C(C)c1ccc(F)cc1F)C1COCC1C(=O)O. The third kappa shape index (κ3) is 3.22. The van der Waals surface area contributed by atoms with Crippen molar-refractivity contribution in [1.82, 2.24) is 4.90 Å². The fourth-order valence-corrected chi connectivity index (χ4v) is 2.92. The van der Waals surface area contributed by atoms with Gasteiger partial charge in [-0.15, -0.1) is 0 Å². The van der Waals surface area contributed by atoms with E-state index in [-0.39, 0.29) is 18.7 Å². The molecule has 116 valence electrons. The summed E-state index contributed by atoms with van der Waals surface area (Å²) >= 11 is 0. The summed E-state index contributed by atoms with van der Waals surface area (Å²) in [7, 11) is 0. The highest BCUT2D eigenvalue weighted by Crippen LogP contribution is 2.30. The molecule has 3 atom stereocenters. The van der Waals surface area contributed by atoms with E-state index < -0.39 is 23.5 Å². The summed E-state index contributed by atoms with van der Waals surface area (Å²) in [6, 6.07) is 2.79. The van der Waals surface area contributed by atoms with Crippen molar-refractivity contribution in [3.05, 3.63) is 35.4 Å². The summed E-state index contributed by atoms with van der Waals surface area (Å²) in [5.74, 6) is -2.79. The smallest absolute Gasteiger partial charge is 0.310 e. The number of halogens is 2. The molecular weight excluding hydrogens is 280 g/mol. The highest BCUT2D eigenvalue weighted by atomic mass is 19.1. The number of likely N-dealkylation sites (N-methyl/N-ethyl adjacent to an activating group) is 1. The lowest BCUT2D eigenvalue weighted by atomic mass is 9.98. The quantitative estimate of drug-likeness (QED) is 0.907. The summed E-state index contributed by atoms with van der Waals surface area (Å²) in [5, 5.41) is 9.24. The Morgan fingerprint density at radius 1 is 1.48 bits per heavy atom. The lowest BCUT2D eigenvalue weighted by Crippen LogP contribution is -2.44. The molecule has 0 spiro atoms. The van der Waals surface area contributed by atoms with E-state index >= 15 is 0 Å². The van der Waals surface area contributed by atoms with Gasteiger partial charge in [-0.3, -0.25) is 9.69 Å². The second-order valence-electron chi connectivity index (χ2n) is 5.22. The van der Waals surface area contributed by atoms with Crippen molar-refractivity contribution < 1.29 is 23.4 Å². The van der Waals surface area contributed by atoms with Crippen LogP contribution in [0.4, 0.5) is 8.78 Å². The molecule has 3 unspecified atom stereocenters. The Balaban J connectivity index is 2.26. The van der Waals surface area contributed by atoms with Crippen LogP contribution in [0.5, 0.6) is 0 Å². The first-order chi connectivity index (χ1) is 9.95. The predicted octanol–water partition coefficient (Wildman–Crippen LogP) is 2.45. The predicted molar refractivity (Wildman–Crippen MR) is 72.9 cm³/mol. The van der Waals surface area contributed by atoms with Crippen molar-refractivity contribution in [1.29, 1.82) is 0 Å². The van der Waals surface area contributed by atoms with Crippen LogP contribution >= 0.6 is 0 Å². The average molecular weight is 299 g/mol. The van der Waals surface area contributed by atoms with E-state index in [1.165, 1.54) is 12.1 Å². The summed E-state index contributed by atoms with van der Waals surface area (Å²) < 4.78 is 32.2. The lowest BCUT2D eigenvalue weighted by molar-refractivity contribution is -0.143. The maximum absolute atomic E-state index is 13.9. The maximum Gasteiger partial charge on any atom is 0.310 e. The number of aliphatic carboxylic acids is 1. The molecule has 1 fully saturated rings. The Morgan fingerprint density at radius 2 is 2.19 bits per heavy atom. The number of rotatable bonds is 5. The van der Waals surface area contributed by atoms with Gasteiger partial charge in [-0.05, 0) is 19.5 Å². The Kier molecular flexibility index (Phi) is 4.90. The number of carboxylic acid groups (broad SMARTS) is 1. The molecule has 1 saturated heterocycles. The molecule has 1 heterocycles. The Labute approximate surface area is 122 Å². The molecule has 6 heteroatoms. The zero-order chi connectivity index (χ0) is 15.6. The van der Waals surface area contributed by atoms with Crippen molar-refractivity contribution in [2.45, 2.75) is 25.9 Å². The van der Waals surface area contributed by atoms with Gasteiger partial charge in [0.1, 0.15) is 11.6 Å². The minimum atomic E-state index is -0.914. The normalized spacial score (nSPS) is 23.5. The molecule has 0 saturated carbocycles. The van der Waals surface area contributed by atoms with E-state index in [0.717, 1.165) is 6.07 Å². The molecule has 1 aromatic carbocycles. The minimum Gasteiger partial charge on any atom is -0.481 e. The Morgan fingerprint density at radius 3 is 2.76 bits per heavy atom. The van der Waals surface area contributed by atoms with E-state index in [1.54, 1.807) is 6.92 Å². The Bertz CT molecular complexity index is 524. The minimum absolute atomic E-state index is 0.162.